The van der Waals surface area contributed by atoms with Crippen molar-refractivity contribution < 1.29 is 4.52 Å². The molecule has 0 aliphatic carbocycles. The van der Waals surface area contributed by atoms with Crippen molar-refractivity contribution in [2.24, 2.45) is 0 Å². The monoisotopic (exact) mass is 336 g/mol. The zero-order valence-corrected chi connectivity index (χ0v) is 14.1. The van der Waals surface area contributed by atoms with E-state index in [1.54, 1.807) is 12.4 Å². The van der Waals surface area contributed by atoms with Gasteiger partial charge in [0.25, 0.3) is 0 Å². The van der Waals surface area contributed by atoms with E-state index in [1.807, 2.05) is 25.1 Å². The van der Waals surface area contributed by atoms with Gasteiger partial charge in [0.2, 0.25) is 0 Å². The van der Waals surface area contributed by atoms with Crippen LogP contribution in [-0.2, 0) is 19.4 Å². The zero-order chi connectivity index (χ0) is 17.1. The topological polar surface area (TPSA) is 88.8 Å². The Morgan fingerprint density at radius 1 is 1.24 bits per heavy atom. The van der Waals surface area contributed by atoms with Crippen LogP contribution in [0.2, 0.25) is 0 Å². The van der Waals surface area contributed by atoms with Crippen LogP contribution in [0.3, 0.4) is 0 Å². The number of aryl methyl sites for hydroxylation is 1. The molecule has 0 saturated carbocycles. The number of nitrogens with one attached hydrogen (secondary N) is 2. The fraction of sp³-hybridized carbons (Fsp3) is 0.333. The van der Waals surface area contributed by atoms with E-state index in [0.29, 0.717) is 12.4 Å². The highest BCUT2D eigenvalue weighted by atomic mass is 16.5. The molecule has 0 spiro atoms. The number of hydrogen-bond acceptors (Lipinski definition) is 7. The first kappa shape index (κ1) is 15.7. The third kappa shape index (κ3) is 3.51. The second-order valence-electron chi connectivity index (χ2n) is 6.10. The van der Waals surface area contributed by atoms with Gasteiger partial charge in [-0.3, -0.25) is 4.98 Å². The second kappa shape index (κ2) is 6.98. The normalized spacial score (nSPS) is 14.0. The molecule has 0 saturated heterocycles. The van der Waals surface area contributed by atoms with Crippen LogP contribution in [0.25, 0.3) is 11.4 Å². The minimum Gasteiger partial charge on any atom is -0.362 e. The number of nitrogens with zero attached hydrogens (tertiary/aromatic N) is 4. The van der Waals surface area contributed by atoms with Gasteiger partial charge in [-0.25, -0.2) is 9.97 Å². The molecule has 7 heteroatoms. The molecule has 128 valence electrons. The summed E-state index contributed by atoms with van der Waals surface area (Å²) in [6.07, 6.45) is 5.34. The molecule has 4 rings (SSSR count). The number of fused-ring (bicyclic) bond motifs is 1. The Labute approximate surface area is 145 Å². The number of pyridine rings is 1. The Bertz CT molecular complexity index is 861. The highest BCUT2D eigenvalue weighted by Gasteiger charge is 2.17. The first-order valence-corrected chi connectivity index (χ1v) is 8.46. The predicted octanol–water partition coefficient (Wildman–Crippen LogP) is 2.14. The lowest BCUT2D eigenvalue weighted by atomic mass is 10.1. The molecular formula is C18H20N6O. The molecule has 1 aliphatic heterocycles. The van der Waals surface area contributed by atoms with Crippen LogP contribution in [0.5, 0.6) is 0 Å². The van der Waals surface area contributed by atoms with E-state index in [0.717, 1.165) is 54.5 Å². The number of hydrogen-bond donors (Lipinski definition) is 2. The summed E-state index contributed by atoms with van der Waals surface area (Å²) in [5, 5.41) is 10.8. The third-order valence-electron chi connectivity index (χ3n) is 4.21. The summed E-state index contributed by atoms with van der Waals surface area (Å²) >= 11 is 0. The molecule has 2 N–H and O–H groups in total. The van der Waals surface area contributed by atoms with Gasteiger partial charge in [-0.1, -0.05) is 5.16 Å². The maximum atomic E-state index is 5.29. The van der Waals surface area contributed by atoms with Crippen molar-refractivity contribution in [2.75, 3.05) is 18.4 Å². The summed E-state index contributed by atoms with van der Waals surface area (Å²) in [5.41, 5.74) is 4.06. The molecule has 3 aromatic rings. The van der Waals surface area contributed by atoms with E-state index in [2.05, 4.69) is 20.8 Å². The van der Waals surface area contributed by atoms with Crippen molar-refractivity contribution >= 4 is 5.82 Å². The lowest BCUT2D eigenvalue weighted by molar-refractivity contribution is 0.384. The Balaban J connectivity index is 1.69. The van der Waals surface area contributed by atoms with E-state index in [1.165, 1.54) is 5.56 Å². The van der Waals surface area contributed by atoms with Gasteiger partial charge in [-0.05, 0) is 32.0 Å². The zero-order valence-electron chi connectivity index (χ0n) is 14.1. The van der Waals surface area contributed by atoms with Crippen molar-refractivity contribution in [1.82, 2.24) is 25.4 Å². The fourth-order valence-corrected chi connectivity index (χ4v) is 2.99. The Morgan fingerprint density at radius 2 is 2.16 bits per heavy atom. The van der Waals surface area contributed by atoms with Gasteiger partial charge in [0.05, 0.1) is 17.9 Å². The molecule has 0 atom stereocenters. The van der Waals surface area contributed by atoms with E-state index in [9.17, 15) is 0 Å². The molecule has 1 aliphatic rings. The standard InChI is InChI=1S/C18H20N6O/c1-12-9-14(25-24-12)11-21-18-15-4-7-19-8-5-16(15)22-17(23-18)13-3-2-6-20-10-13/h2-3,6,9-10,19H,4-5,7-8,11H2,1H3,(H,21,22,23). The lowest BCUT2D eigenvalue weighted by Gasteiger charge is -2.14. The minimum absolute atomic E-state index is 0.546. The molecule has 0 aromatic carbocycles. The summed E-state index contributed by atoms with van der Waals surface area (Å²) < 4.78 is 5.29. The van der Waals surface area contributed by atoms with Crippen LogP contribution >= 0.6 is 0 Å². The smallest absolute Gasteiger partial charge is 0.163 e. The maximum absolute atomic E-state index is 5.29. The second-order valence-corrected chi connectivity index (χ2v) is 6.10. The van der Waals surface area contributed by atoms with Crippen LogP contribution in [0.1, 0.15) is 22.7 Å². The Morgan fingerprint density at radius 3 is 2.96 bits per heavy atom. The number of rotatable bonds is 4. The quantitative estimate of drug-likeness (QED) is 0.754. The Hall–Kier alpha value is -2.80. The van der Waals surface area contributed by atoms with Crippen LogP contribution in [-0.4, -0.2) is 33.2 Å². The Kier molecular flexibility index (Phi) is 4.39. The maximum Gasteiger partial charge on any atom is 0.163 e. The van der Waals surface area contributed by atoms with Gasteiger partial charge in [0.15, 0.2) is 11.6 Å². The van der Waals surface area contributed by atoms with Crippen LogP contribution in [0, 0.1) is 6.92 Å². The molecule has 0 bridgehead atoms. The van der Waals surface area contributed by atoms with E-state index in [4.69, 9.17) is 14.5 Å². The first-order valence-electron chi connectivity index (χ1n) is 8.46. The number of anilines is 1. The largest absolute Gasteiger partial charge is 0.362 e. The molecule has 0 radical (unpaired) electrons. The van der Waals surface area contributed by atoms with Gasteiger partial charge >= 0.3 is 0 Å². The van der Waals surface area contributed by atoms with Gasteiger partial charge in [0.1, 0.15) is 5.82 Å². The van der Waals surface area contributed by atoms with E-state index >= 15 is 0 Å². The van der Waals surface area contributed by atoms with Crippen molar-refractivity contribution in [1.29, 1.82) is 0 Å². The summed E-state index contributed by atoms with van der Waals surface area (Å²) in [5.74, 6) is 2.35. The fourth-order valence-electron chi connectivity index (χ4n) is 2.99. The van der Waals surface area contributed by atoms with Gasteiger partial charge in [-0.15, -0.1) is 0 Å². The molecular weight excluding hydrogens is 316 g/mol. The van der Waals surface area contributed by atoms with E-state index in [-0.39, 0.29) is 0 Å². The SMILES string of the molecule is Cc1cc(CNc2nc(-c3cccnc3)nc3c2CCNCC3)on1. The lowest BCUT2D eigenvalue weighted by Crippen LogP contribution is -2.16. The molecule has 0 amide bonds. The summed E-state index contributed by atoms with van der Waals surface area (Å²) in [6, 6.07) is 5.81. The number of aromatic nitrogens is 4. The van der Waals surface area contributed by atoms with Crippen LogP contribution < -0.4 is 10.6 Å². The average molecular weight is 336 g/mol. The van der Waals surface area contributed by atoms with Crippen molar-refractivity contribution in [3.8, 4) is 11.4 Å². The van der Waals surface area contributed by atoms with Crippen molar-refractivity contribution in [2.45, 2.75) is 26.3 Å². The van der Waals surface area contributed by atoms with Gasteiger partial charge in [-0.2, -0.15) is 0 Å². The molecule has 25 heavy (non-hydrogen) atoms. The van der Waals surface area contributed by atoms with Gasteiger partial charge in [0, 0.05) is 42.6 Å². The average Bonchev–Trinajstić information content (AvgIpc) is 2.91. The molecule has 4 heterocycles. The van der Waals surface area contributed by atoms with Gasteiger partial charge < -0.3 is 15.2 Å². The third-order valence-corrected chi connectivity index (χ3v) is 4.21. The van der Waals surface area contributed by atoms with Crippen molar-refractivity contribution in [3.05, 3.63) is 53.3 Å². The highest BCUT2D eigenvalue weighted by Crippen LogP contribution is 2.24. The first-order chi connectivity index (χ1) is 12.3. The molecule has 7 nitrogen and oxygen atoms in total. The molecule has 3 aromatic heterocycles. The van der Waals surface area contributed by atoms with Crippen LogP contribution in [0.4, 0.5) is 5.82 Å². The molecule has 0 unspecified atom stereocenters. The predicted molar refractivity (Wildman–Crippen MR) is 94.1 cm³/mol. The van der Waals surface area contributed by atoms with Crippen molar-refractivity contribution in [3.63, 3.8) is 0 Å². The minimum atomic E-state index is 0.546. The molecule has 0 fully saturated rings. The summed E-state index contributed by atoms with van der Waals surface area (Å²) in [7, 11) is 0. The summed E-state index contributed by atoms with van der Waals surface area (Å²) in [6.45, 7) is 4.32. The highest BCUT2D eigenvalue weighted by molar-refractivity contribution is 5.59. The summed E-state index contributed by atoms with van der Waals surface area (Å²) in [4.78, 5) is 13.7. The van der Waals surface area contributed by atoms with E-state index < -0.39 is 0 Å². The van der Waals surface area contributed by atoms with Crippen LogP contribution in [0.15, 0.2) is 35.1 Å².